The van der Waals surface area contributed by atoms with Crippen molar-refractivity contribution in [1.82, 2.24) is 3.96 Å². The summed E-state index contributed by atoms with van der Waals surface area (Å²) in [6.07, 6.45) is 2.51. The molecule has 0 aliphatic rings. The lowest BCUT2D eigenvalue weighted by Crippen LogP contribution is -2.18. The van der Waals surface area contributed by atoms with E-state index >= 15 is 0 Å². The Morgan fingerprint density at radius 3 is 2.58 bits per heavy atom. The third kappa shape index (κ3) is 4.82. The van der Waals surface area contributed by atoms with E-state index in [1.165, 1.54) is 11.5 Å². The first-order chi connectivity index (χ1) is 8.74. The van der Waals surface area contributed by atoms with Crippen LogP contribution in [0.15, 0.2) is 11.2 Å². The predicted molar refractivity (Wildman–Crippen MR) is 78.4 cm³/mol. The maximum atomic E-state index is 11.5. The Labute approximate surface area is 119 Å². The third-order valence-corrected chi connectivity index (χ3v) is 3.86. The highest BCUT2D eigenvalue weighted by Gasteiger charge is 2.16. The highest BCUT2D eigenvalue weighted by atomic mass is 32.1. The second-order valence-electron chi connectivity index (χ2n) is 5.96. The lowest BCUT2D eigenvalue weighted by Gasteiger charge is -2.19. The highest BCUT2D eigenvalue weighted by Crippen LogP contribution is 2.18. The van der Waals surface area contributed by atoms with Gasteiger partial charge >= 0.3 is 6.09 Å². The van der Waals surface area contributed by atoms with Crippen LogP contribution >= 0.6 is 11.5 Å². The summed E-state index contributed by atoms with van der Waals surface area (Å²) in [5, 5.41) is 0. The summed E-state index contributed by atoms with van der Waals surface area (Å²) < 4.78 is 7.80. The molecule has 108 valence electrons. The van der Waals surface area contributed by atoms with E-state index in [0.29, 0.717) is 12.5 Å². The van der Waals surface area contributed by atoms with Gasteiger partial charge in [-0.25, -0.2) is 4.79 Å². The van der Waals surface area contributed by atoms with Crippen LogP contribution in [0.4, 0.5) is 4.79 Å². The van der Waals surface area contributed by atoms with Gasteiger partial charge in [-0.3, -0.25) is 3.96 Å². The molecule has 5 heteroatoms. The van der Waals surface area contributed by atoms with E-state index in [4.69, 9.17) is 4.74 Å². The van der Waals surface area contributed by atoms with Crippen LogP contribution in [0.25, 0.3) is 0 Å². The molecule has 0 radical (unpaired) electrons. The molecule has 1 aromatic rings. The van der Waals surface area contributed by atoms with E-state index in [-0.39, 0.29) is 5.54 Å². The predicted octanol–water partition coefficient (Wildman–Crippen LogP) is 3.56. The lowest BCUT2D eigenvalue weighted by molar-refractivity contribution is 0.162. The number of hydrogen-bond donors (Lipinski definition) is 0. The van der Waals surface area contributed by atoms with Crippen LogP contribution in [0.1, 0.15) is 47.1 Å². The number of hydrogen-bond acceptors (Lipinski definition) is 3. The summed E-state index contributed by atoms with van der Waals surface area (Å²) in [4.78, 5) is 15.6. The molecule has 0 atom stereocenters. The van der Waals surface area contributed by atoms with Gasteiger partial charge in [0.25, 0.3) is 0 Å². The Kier molecular flexibility index (Phi) is 5.35. The molecule has 0 unspecified atom stereocenters. The molecule has 1 rings (SSSR count). The van der Waals surface area contributed by atoms with Crippen LogP contribution in [0.2, 0.25) is 0 Å². The smallest absolute Gasteiger partial charge is 0.434 e. The van der Waals surface area contributed by atoms with Gasteiger partial charge in [-0.15, -0.1) is 0 Å². The summed E-state index contributed by atoms with van der Waals surface area (Å²) in [5.41, 5.74) is 1.11. The van der Waals surface area contributed by atoms with E-state index in [9.17, 15) is 4.79 Å². The summed E-state index contributed by atoms with van der Waals surface area (Å²) >= 11 is 1.51. The molecular weight excluding hydrogens is 260 g/mol. The van der Waals surface area contributed by atoms with Crippen molar-refractivity contribution in [3.8, 4) is 0 Å². The van der Waals surface area contributed by atoms with Crippen LogP contribution in [0.5, 0.6) is 0 Å². The minimum atomic E-state index is -0.504. The number of carbonyl (C=O) groups excluding carboxylic acids is 1. The van der Waals surface area contributed by atoms with Crippen LogP contribution in [0, 0.1) is 5.92 Å². The summed E-state index contributed by atoms with van der Waals surface area (Å²) in [6.45, 7) is 12.9. The first-order valence-corrected chi connectivity index (χ1v) is 7.45. The van der Waals surface area contributed by atoms with Gasteiger partial charge in [-0.05, 0) is 51.6 Å². The zero-order valence-corrected chi connectivity index (χ0v) is 13.5. The second kappa shape index (κ2) is 6.37. The standard InChI is InChI=1S/C14H24N2O2S/c1-7-18-13(17)15-12-11(8-10(2)3)9-16(19-12)14(4,5)6/h9-10H,7-8H2,1-6H3/b15-12-. The molecule has 0 N–H and O–H groups in total. The fourth-order valence-corrected chi connectivity index (χ4v) is 2.62. The summed E-state index contributed by atoms with van der Waals surface area (Å²) in [7, 11) is 0. The van der Waals surface area contributed by atoms with E-state index in [0.717, 1.165) is 16.7 Å². The van der Waals surface area contributed by atoms with Gasteiger partial charge in [-0.2, -0.15) is 4.99 Å². The quantitative estimate of drug-likeness (QED) is 0.851. The largest absolute Gasteiger partial charge is 0.448 e. The summed E-state index contributed by atoms with van der Waals surface area (Å²) in [6, 6.07) is 0. The van der Waals surface area contributed by atoms with E-state index in [2.05, 4.69) is 49.8 Å². The minimum absolute atomic E-state index is 0.00116. The Balaban J connectivity index is 3.20. The number of nitrogens with zero attached hydrogens (tertiary/aromatic N) is 2. The Bertz CT molecular complexity index is 492. The van der Waals surface area contributed by atoms with E-state index in [1.807, 2.05) is 0 Å². The van der Waals surface area contributed by atoms with Crippen LogP contribution in [0.3, 0.4) is 0 Å². The number of aromatic nitrogens is 1. The van der Waals surface area contributed by atoms with Crippen molar-refractivity contribution >= 4 is 17.6 Å². The molecule has 1 aromatic heterocycles. The SMILES string of the molecule is CCOC(=O)/N=c1\sn(C(C)(C)C)cc1CC(C)C. The highest BCUT2D eigenvalue weighted by molar-refractivity contribution is 7.04. The second-order valence-corrected chi connectivity index (χ2v) is 6.92. The topological polar surface area (TPSA) is 43.6 Å². The number of rotatable bonds is 3. The molecule has 0 aliphatic heterocycles. The molecule has 0 bridgehead atoms. The van der Waals surface area contributed by atoms with Crippen molar-refractivity contribution in [1.29, 1.82) is 0 Å². The van der Waals surface area contributed by atoms with Gasteiger partial charge in [0, 0.05) is 17.3 Å². The fraction of sp³-hybridized carbons (Fsp3) is 0.714. The van der Waals surface area contributed by atoms with Crippen molar-refractivity contribution in [3.63, 3.8) is 0 Å². The summed E-state index contributed by atoms with van der Waals surface area (Å²) in [5.74, 6) is 0.527. The van der Waals surface area contributed by atoms with Gasteiger partial charge in [-0.1, -0.05) is 13.8 Å². The molecule has 19 heavy (non-hydrogen) atoms. The molecule has 0 aromatic carbocycles. The van der Waals surface area contributed by atoms with Crippen molar-refractivity contribution in [2.75, 3.05) is 6.61 Å². The Morgan fingerprint density at radius 1 is 1.47 bits per heavy atom. The van der Waals surface area contributed by atoms with Crippen LogP contribution in [-0.2, 0) is 16.7 Å². The van der Waals surface area contributed by atoms with Gasteiger partial charge < -0.3 is 4.74 Å². The van der Waals surface area contributed by atoms with Crippen molar-refractivity contribution in [3.05, 3.63) is 16.4 Å². The first-order valence-electron chi connectivity index (χ1n) is 6.67. The molecule has 0 spiro atoms. The van der Waals surface area contributed by atoms with Crippen LogP contribution < -0.4 is 4.67 Å². The normalized spacial score (nSPS) is 13.1. The monoisotopic (exact) mass is 284 g/mol. The molecule has 1 heterocycles. The zero-order chi connectivity index (χ0) is 14.6. The number of amides is 1. The minimum Gasteiger partial charge on any atom is -0.448 e. The molecule has 4 nitrogen and oxygen atoms in total. The average molecular weight is 284 g/mol. The Hall–Kier alpha value is -1.10. The lowest BCUT2D eigenvalue weighted by atomic mass is 10.1. The van der Waals surface area contributed by atoms with Crippen LogP contribution in [-0.4, -0.2) is 16.7 Å². The van der Waals surface area contributed by atoms with Gasteiger partial charge in [0.2, 0.25) is 0 Å². The molecular formula is C14H24N2O2S. The molecule has 0 saturated heterocycles. The van der Waals surface area contributed by atoms with Gasteiger partial charge in [0.1, 0.15) is 4.67 Å². The Morgan fingerprint density at radius 2 is 2.11 bits per heavy atom. The number of ether oxygens (including phenoxy) is 1. The van der Waals surface area contributed by atoms with E-state index in [1.54, 1.807) is 6.92 Å². The maximum Gasteiger partial charge on any atom is 0.434 e. The zero-order valence-electron chi connectivity index (χ0n) is 12.7. The molecule has 0 aliphatic carbocycles. The third-order valence-electron chi connectivity index (χ3n) is 2.48. The molecule has 0 saturated carbocycles. The number of carbonyl (C=O) groups is 1. The average Bonchev–Trinajstić information content (AvgIpc) is 2.60. The van der Waals surface area contributed by atoms with E-state index < -0.39 is 6.09 Å². The maximum absolute atomic E-state index is 11.5. The molecule has 0 fully saturated rings. The van der Waals surface area contributed by atoms with Crippen molar-refractivity contribution in [2.24, 2.45) is 10.9 Å². The molecule has 1 amide bonds. The fourth-order valence-electron chi connectivity index (χ4n) is 1.62. The first kappa shape index (κ1) is 16.0. The van der Waals surface area contributed by atoms with Gasteiger partial charge in [0.15, 0.2) is 0 Å². The van der Waals surface area contributed by atoms with Crippen molar-refractivity contribution in [2.45, 2.75) is 53.5 Å². The van der Waals surface area contributed by atoms with Crippen molar-refractivity contribution < 1.29 is 9.53 Å². The van der Waals surface area contributed by atoms with Gasteiger partial charge in [0.05, 0.1) is 6.61 Å².